The third-order valence-electron chi connectivity index (χ3n) is 3.10. The lowest BCUT2D eigenvalue weighted by atomic mass is 10.1. The Labute approximate surface area is 125 Å². The topological polar surface area (TPSA) is 108 Å². The van der Waals surface area contributed by atoms with Gasteiger partial charge >= 0.3 is 0 Å². The number of nitrogens with two attached hydrogens (primary N) is 1. The molecule has 7 heteroatoms. The minimum absolute atomic E-state index is 0.00517. The molecule has 0 radical (unpaired) electrons. The van der Waals surface area contributed by atoms with Crippen molar-refractivity contribution in [2.75, 3.05) is 5.73 Å². The molecule has 2 aromatic carbocycles. The average Bonchev–Trinajstić information content (AvgIpc) is 2.55. The number of hydrogen-bond donors (Lipinski definition) is 1. The van der Waals surface area contributed by atoms with E-state index in [1.807, 2.05) is 30.3 Å². The lowest BCUT2D eigenvalue weighted by molar-refractivity contribution is -0.384. The first kappa shape index (κ1) is 13.6. The van der Waals surface area contributed by atoms with Crippen molar-refractivity contribution >= 4 is 11.5 Å². The maximum atomic E-state index is 10.6. The molecule has 0 aliphatic heterocycles. The Morgan fingerprint density at radius 3 is 2.18 bits per heavy atom. The number of rotatable bonds is 3. The van der Waals surface area contributed by atoms with Gasteiger partial charge in [-0.05, 0) is 12.1 Å². The van der Waals surface area contributed by atoms with Crippen LogP contribution in [0.25, 0.3) is 22.6 Å². The van der Waals surface area contributed by atoms with Crippen molar-refractivity contribution in [2.24, 2.45) is 0 Å². The van der Waals surface area contributed by atoms with Crippen LogP contribution < -0.4 is 5.73 Å². The molecule has 0 aliphatic carbocycles. The highest BCUT2D eigenvalue weighted by molar-refractivity contribution is 5.70. The van der Waals surface area contributed by atoms with Crippen molar-refractivity contribution in [3.8, 4) is 22.6 Å². The number of aromatic nitrogens is 3. The number of hydrogen-bond acceptors (Lipinski definition) is 6. The third-order valence-corrected chi connectivity index (χ3v) is 3.10. The molecule has 7 nitrogen and oxygen atoms in total. The van der Waals surface area contributed by atoms with Crippen LogP contribution in [0.5, 0.6) is 0 Å². The molecule has 1 heterocycles. The largest absolute Gasteiger partial charge is 0.382 e. The van der Waals surface area contributed by atoms with E-state index in [4.69, 9.17) is 5.73 Å². The van der Waals surface area contributed by atoms with Crippen molar-refractivity contribution in [1.82, 2.24) is 15.2 Å². The van der Waals surface area contributed by atoms with Crippen molar-refractivity contribution < 1.29 is 4.92 Å². The molecule has 108 valence electrons. The average molecular weight is 293 g/mol. The number of non-ortho nitro benzene ring substituents is 1. The minimum Gasteiger partial charge on any atom is -0.382 e. The zero-order valence-corrected chi connectivity index (χ0v) is 11.4. The molecule has 0 atom stereocenters. The number of nitrogens with zero attached hydrogens (tertiary/aromatic N) is 4. The van der Waals surface area contributed by atoms with Crippen LogP contribution in [-0.4, -0.2) is 20.1 Å². The summed E-state index contributed by atoms with van der Waals surface area (Å²) in [6.45, 7) is 0. The van der Waals surface area contributed by atoms with Gasteiger partial charge in [-0.25, -0.2) is 4.98 Å². The Morgan fingerprint density at radius 2 is 1.59 bits per heavy atom. The van der Waals surface area contributed by atoms with Crippen LogP contribution in [0, 0.1) is 10.1 Å². The summed E-state index contributed by atoms with van der Waals surface area (Å²) in [7, 11) is 0. The Hall–Kier alpha value is -3.35. The van der Waals surface area contributed by atoms with E-state index in [2.05, 4.69) is 15.2 Å². The molecule has 0 aliphatic rings. The fourth-order valence-corrected chi connectivity index (χ4v) is 1.99. The fraction of sp³-hybridized carbons (Fsp3) is 0. The van der Waals surface area contributed by atoms with Gasteiger partial charge in [-0.2, -0.15) is 0 Å². The van der Waals surface area contributed by atoms with Crippen molar-refractivity contribution in [3.05, 3.63) is 64.7 Å². The van der Waals surface area contributed by atoms with E-state index in [9.17, 15) is 10.1 Å². The van der Waals surface area contributed by atoms with Gasteiger partial charge in [-0.1, -0.05) is 30.3 Å². The summed E-state index contributed by atoms with van der Waals surface area (Å²) >= 11 is 0. The first-order valence-electron chi connectivity index (χ1n) is 6.45. The van der Waals surface area contributed by atoms with E-state index in [1.54, 1.807) is 12.1 Å². The first-order chi connectivity index (χ1) is 10.6. The molecule has 0 saturated heterocycles. The lowest BCUT2D eigenvalue weighted by Crippen LogP contribution is -2.02. The fourth-order valence-electron chi connectivity index (χ4n) is 1.99. The molecular formula is C15H11N5O2. The Morgan fingerprint density at radius 1 is 0.909 bits per heavy atom. The normalized spacial score (nSPS) is 10.4. The summed E-state index contributed by atoms with van der Waals surface area (Å²) in [6.07, 6.45) is 0. The van der Waals surface area contributed by atoms with Crippen molar-refractivity contribution in [1.29, 1.82) is 0 Å². The van der Waals surface area contributed by atoms with Crippen LogP contribution in [-0.2, 0) is 0 Å². The molecule has 0 amide bonds. The van der Waals surface area contributed by atoms with Crippen molar-refractivity contribution in [3.63, 3.8) is 0 Å². The highest BCUT2D eigenvalue weighted by Crippen LogP contribution is 2.24. The van der Waals surface area contributed by atoms with Crippen LogP contribution in [0.15, 0.2) is 54.6 Å². The van der Waals surface area contributed by atoms with Crippen LogP contribution in [0.4, 0.5) is 11.5 Å². The molecule has 3 aromatic rings. The molecule has 1 aromatic heterocycles. The maximum absolute atomic E-state index is 10.6. The smallest absolute Gasteiger partial charge is 0.269 e. The van der Waals surface area contributed by atoms with Crippen molar-refractivity contribution in [2.45, 2.75) is 0 Å². The number of nitro groups is 1. The summed E-state index contributed by atoms with van der Waals surface area (Å²) in [6, 6.07) is 15.3. The van der Waals surface area contributed by atoms with Crippen LogP contribution in [0.2, 0.25) is 0 Å². The molecule has 0 spiro atoms. The summed E-state index contributed by atoms with van der Waals surface area (Å²) in [5.74, 6) is 0.585. The number of benzene rings is 2. The van der Waals surface area contributed by atoms with E-state index >= 15 is 0 Å². The molecule has 0 fully saturated rings. The highest BCUT2D eigenvalue weighted by atomic mass is 16.6. The van der Waals surface area contributed by atoms with Gasteiger partial charge in [0.15, 0.2) is 11.6 Å². The van der Waals surface area contributed by atoms with Crippen LogP contribution in [0.3, 0.4) is 0 Å². The number of nitro benzene ring substituents is 1. The third kappa shape index (κ3) is 2.59. The maximum Gasteiger partial charge on any atom is 0.269 e. The second-order valence-corrected chi connectivity index (χ2v) is 4.54. The van der Waals surface area contributed by atoms with Gasteiger partial charge in [-0.3, -0.25) is 10.1 Å². The predicted octanol–water partition coefficient (Wildman–Crippen LogP) is 2.70. The summed E-state index contributed by atoms with van der Waals surface area (Å²) < 4.78 is 0. The van der Waals surface area contributed by atoms with Gasteiger partial charge < -0.3 is 5.73 Å². The zero-order valence-electron chi connectivity index (χ0n) is 11.4. The summed E-state index contributed by atoms with van der Waals surface area (Å²) in [4.78, 5) is 14.4. The van der Waals surface area contributed by atoms with Gasteiger partial charge in [0.2, 0.25) is 0 Å². The molecule has 0 saturated carbocycles. The molecule has 0 bridgehead atoms. The van der Waals surface area contributed by atoms with E-state index in [0.717, 1.165) is 5.56 Å². The molecule has 22 heavy (non-hydrogen) atoms. The second kappa shape index (κ2) is 5.57. The SMILES string of the molecule is Nc1nc(-c2ccc([N+](=O)[O-])cc2)nnc1-c1ccccc1. The zero-order chi connectivity index (χ0) is 15.5. The van der Waals surface area contributed by atoms with E-state index in [1.165, 1.54) is 12.1 Å². The lowest BCUT2D eigenvalue weighted by Gasteiger charge is -2.05. The van der Waals surface area contributed by atoms with E-state index in [0.29, 0.717) is 17.1 Å². The quantitative estimate of drug-likeness (QED) is 0.587. The van der Waals surface area contributed by atoms with E-state index in [-0.39, 0.29) is 11.5 Å². The van der Waals surface area contributed by atoms with Crippen LogP contribution in [0.1, 0.15) is 0 Å². The minimum atomic E-state index is -0.463. The first-order valence-corrected chi connectivity index (χ1v) is 6.45. The van der Waals surface area contributed by atoms with Gasteiger partial charge in [0.1, 0.15) is 5.69 Å². The standard InChI is InChI=1S/C15H11N5O2/c16-14-13(10-4-2-1-3-5-10)18-19-15(17-14)11-6-8-12(9-7-11)20(21)22/h1-9H,(H2,16,17,19). The van der Waals surface area contributed by atoms with Gasteiger partial charge in [0.05, 0.1) is 4.92 Å². The molecule has 0 unspecified atom stereocenters. The Balaban J connectivity index is 1.96. The van der Waals surface area contributed by atoms with Gasteiger partial charge in [0, 0.05) is 23.3 Å². The predicted molar refractivity (Wildman–Crippen MR) is 81.8 cm³/mol. The number of anilines is 1. The monoisotopic (exact) mass is 293 g/mol. The summed E-state index contributed by atoms with van der Waals surface area (Å²) in [5.41, 5.74) is 7.90. The molecule has 2 N–H and O–H groups in total. The number of nitrogen functional groups attached to an aromatic ring is 1. The second-order valence-electron chi connectivity index (χ2n) is 4.54. The van der Waals surface area contributed by atoms with Crippen LogP contribution >= 0.6 is 0 Å². The van der Waals surface area contributed by atoms with E-state index < -0.39 is 4.92 Å². The highest BCUT2D eigenvalue weighted by Gasteiger charge is 2.11. The molecule has 3 rings (SSSR count). The Bertz CT molecular complexity index is 819. The van der Waals surface area contributed by atoms with Gasteiger partial charge in [0.25, 0.3) is 5.69 Å². The van der Waals surface area contributed by atoms with Gasteiger partial charge in [-0.15, -0.1) is 10.2 Å². The Kier molecular flexibility index (Phi) is 3.45. The molecular weight excluding hydrogens is 282 g/mol. The summed E-state index contributed by atoms with van der Waals surface area (Å²) in [5, 5.41) is 18.8.